The lowest BCUT2D eigenvalue weighted by molar-refractivity contribution is -0.133. The molecule has 3 atom stereocenters. The maximum absolute atomic E-state index is 12.8. The van der Waals surface area contributed by atoms with E-state index in [9.17, 15) is 14.7 Å². The second-order valence-corrected chi connectivity index (χ2v) is 8.17. The van der Waals surface area contributed by atoms with Gasteiger partial charge in [0, 0.05) is 38.3 Å². The second kappa shape index (κ2) is 7.46. The van der Waals surface area contributed by atoms with Gasteiger partial charge in [-0.1, -0.05) is 0 Å². The van der Waals surface area contributed by atoms with E-state index in [1.54, 1.807) is 6.20 Å². The van der Waals surface area contributed by atoms with Crippen molar-refractivity contribution in [2.45, 2.75) is 50.5 Å². The molecule has 3 aliphatic rings. The van der Waals surface area contributed by atoms with Crippen LogP contribution in [0.25, 0.3) is 0 Å². The van der Waals surface area contributed by atoms with Crippen LogP contribution in [0, 0.1) is 5.92 Å². The van der Waals surface area contributed by atoms with Gasteiger partial charge in [0.1, 0.15) is 11.4 Å². The molecule has 3 fully saturated rings. The Balaban J connectivity index is 1.35. The van der Waals surface area contributed by atoms with Crippen molar-refractivity contribution >= 4 is 29.2 Å². The molecule has 0 spiro atoms. The third-order valence-electron chi connectivity index (χ3n) is 5.96. The summed E-state index contributed by atoms with van der Waals surface area (Å²) in [6.07, 6.45) is 3.15. The minimum atomic E-state index is -1.04. The van der Waals surface area contributed by atoms with Crippen molar-refractivity contribution in [3.63, 3.8) is 0 Å². The number of carbonyl (C=O) groups excluding carboxylic acids is 2. The van der Waals surface area contributed by atoms with Gasteiger partial charge in [-0.05, 0) is 49.8 Å². The number of hydrogen-bond acceptors (Lipinski definition) is 7. The standard InChI is InChI=1S/C18H25ClN6O3/c1-11-10-24(8-9-25(11)13-5-7-20-16(19)21-13)14(26)4-6-18(12-2-3-12)15(27)22-17(28)23-18/h5,7,11-12,17,23,28H,2-4,6,8-10H2,1H3,(H,22,27)/t11-,17?,18?/m0/s1. The molecule has 1 saturated carbocycles. The maximum atomic E-state index is 12.8. The van der Waals surface area contributed by atoms with Gasteiger partial charge in [-0.25, -0.2) is 9.97 Å². The van der Waals surface area contributed by atoms with Crippen molar-refractivity contribution in [3.8, 4) is 0 Å². The molecule has 152 valence electrons. The van der Waals surface area contributed by atoms with Gasteiger partial charge < -0.3 is 20.2 Å². The third kappa shape index (κ3) is 3.66. The van der Waals surface area contributed by atoms with Crippen LogP contribution < -0.4 is 15.5 Å². The summed E-state index contributed by atoms with van der Waals surface area (Å²) in [5.74, 6) is 0.779. The quantitative estimate of drug-likeness (QED) is 0.592. The molecule has 4 rings (SSSR count). The van der Waals surface area contributed by atoms with Crippen LogP contribution in [0.1, 0.15) is 32.6 Å². The number of aromatic nitrogens is 2. The van der Waals surface area contributed by atoms with E-state index in [2.05, 4.69) is 25.5 Å². The first-order chi connectivity index (χ1) is 13.4. The zero-order valence-corrected chi connectivity index (χ0v) is 16.5. The first-order valence-electron chi connectivity index (χ1n) is 9.69. The van der Waals surface area contributed by atoms with Gasteiger partial charge in [0.25, 0.3) is 0 Å². The molecule has 0 bridgehead atoms. The molecule has 2 saturated heterocycles. The summed E-state index contributed by atoms with van der Waals surface area (Å²) in [4.78, 5) is 37.3. The van der Waals surface area contributed by atoms with Crippen LogP contribution in [0.3, 0.4) is 0 Å². The van der Waals surface area contributed by atoms with Crippen molar-refractivity contribution in [2.75, 3.05) is 24.5 Å². The predicted octanol–water partition coefficient (Wildman–Crippen LogP) is 0.0914. The van der Waals surface area contributed by atoms with Crippen LogP contribution in [0.5, 0.6) is 0 Å². The summed E-state index contributed by atoms with van der Waals surface area (Å²) >= 11 is 5.89. The number of aliphatic hydroxyl groups is 1. The summed E-state index contributed by atoms with van der Waals surface area (Å²) in [5, 5.41) is 15.4. The smallest absolute Gasteiger partial charge is 0.243 e. The fourth-order valence-electron chi connectivity index (χ4n) is 4.34. The summed E-state index contributed by atoms with van der Waals surface area (Å²) in [7, 11) is 0. The molecule has 3 N–H and O–H groups in total. The van der Waals surface area contributed by atoms with Gasteiger partial charge in [0.15, 0.2) is 6.35 Å². The number of rotatable bonds is 5. The van der Waals surface area contributed by atoms with Crippen LogP contribution in [0.15, 0.2) is 12.3 Å². The third-order valence-corrected chi connectivity index (χ3v) is 6.14. The number of nitrogens with one attached hydrogen (secondary N) is 2. The van der Waals surface area contributed by atoms with Crippen molar-refractivity contribution in [2.24, 2.45) is 5.92 Å². The highest BCUT2D eigenvalue weighted by atomic mass is 35.5. The Morgan fingerprint density at radius 1 is 1.43 bits per heavy atom. The Morgan fingerprint density at radius 2 is 2.21 bits per heavy atom. The number of aliphatic hydroxyl groups excluding tert-OH is 1. The van der Waals surface area contributed by atoms with Gasteiger partial charge in [-0.15, -0.1) is 0 Å². The number of nitrogens with zero attached hydrogens (tertiary/aromatic N) is 4. The average molecular weight is 409 g/mol. The molecule has 2 aliphatic heterocycles. The fourth-order valence-corrected chi connectivity index (χ4v) is 4.48. The van der Waals surface area contributed by atoms with Gasteiger partial charge in [-0.2, -0.15) is 0 Å². The molecule has 1 aliphatic carbocycles. The number of anilines is 1. The van der Waals surface area contributed by atoms with E-state index >= 15 is 0 Å². The summed E-state index contributed by atoms with van der Waals surface area (Å²) in [5.41, 5.74) is -0.819. The highest BCUT2D eigenvalue weighted by molar-refractivity contribution is 6.28. The Labute approximate surface area is 168 Å². The lowest BCUT2D eigenvalue weighted by Gasteiger charge is -2.41. The Kier molecular flexibility index (Phi) is 5.15. The van der Waals surface area contributed by atoms with Crippen LogP contribution in [-0.2, 0) is 9.59 Å². The van der Waals surface area contributed by atoms with Gasteiger partial charge in [0.05, 0.1) is 0 Å². The monoisotopic (exact) mass is 408 g/mol. The number of carbonyl (C=O) groups is 2. The van der Waals surface area contributed by atoms with Gasteiger partial charge in [-0.3, -0.25) is 14.9 Å². The highest BCUT2D eigenvalue weighted by Crippen LogP contribution is 2.44. The van der Waals surface area contributed by atoms with Crippen molar-refractivity contribution in [1.82, 2.24) is 25.5 Å². The van der Waals surface area contributed by atoms with Gasteiger partial charge >= 0.3 is 0 Å². The molecule has 2 amide bonds. The molecule has 1 aromatic rings. The zero-order chi connectivity index (χ0) is 19.9. The molecule has 0 aromatic carbocycles. The largest absolute Gasteiger partial charge is 0.361 e. The first kappa shape index (κ1) is 19.4. The van der Waals surface area contributed by atoms with Crippen LogP contribution in [0.4, 0.5) is 5.82 Å². The van der Waals surface area contributed by atoms with Crippen LogP contribution >= 0.6 is 11.6 Å². The number of amides is 2. The molecule has 10 heteroatoms. The molecule has 9 nitrogen and oxygen atoms in total. The summed E-state index contributed by atoms with van der Waals surface area (Å²) in [6, 6.07) is 1.91. The zero-order valence-electron chi connectivity index (χ0n) is 15.8. The molecule has 0 radical (unpaired) electrons. The van der Waals surface area contributed by atoms with Crippen LogP contribution in [-0.4, -0.2) is 69.4 Å². The summed E-state index contributed by atoms with van der Waals surface area (Å²) < 4.78 is 0. The number of piperazine rings is 1. The van der Waals surface area contributed by atoms with Crippen LogP contribution in [0.2, 0.25) is 5.28 Å². The highest BCUT2D eigenvalue weighted by Gasteiger charge is 2.55. The van der Waals surface area contributed by atoms with Crippen molar-refractivity contribution < 1.29 is 14.7 Å². The van der Waals surface area contributed by atoms with Gasteiger partial charge in [0.2, 0.25) is 17.1 Å². The van der Waals surface area contributed by atoms with E-state index in [1.165, 1.54) is 0 Å². The van der Waals surface area contributed by atoms with E-state index < -0.39 is 11.9 Å². The van der Waals surface area contributed by atoms with E-state index in [-0.39, 0.29) is 35.5 Å². The Bertz CT molecular complexity index is 775. The van der Waals surface area contributed by atoms with E-state index in [4.69, 9.17) is 11.6 Å². The molecular formula is C18H25ClN6O3. The van der Waals surface area contributed by atoms with E-state index in [0.717, 1.165) is 18.7 Å². The molecule has 3 heterocycles. The first-order valence-corrected chi connectivity index (χ1v) is 10.1. The normalized spacial score (nSPS) is 30.5. The SMILES string of the molecule is C[C@H]1CN(C(=O)CCC2(C3CC3)NC(O)NC2=O)CCN1c1ccnc(Cl)n1. The van der Waals surface area contributed by atoms with Crippen molar-refractivity contribution in [3.05, 3.63) is 17.5 Å². The molecule has 1 aromatic heterocycles. The molecule has 28 heavy (non-hydrogen) atoms. The van der Waals surface area contributed by atoms with E-state index in [1.807, 2.05) is 17.9 Å². The van der Waals surface area contributed by atoms with E-state index in [0.29, 0.717) is 26.1 Å². The number of halogens is 1. The fraction of sp³-hybridized carbons (Fsp3) is 0.667. The topological polar surface area (TPSA) is 111 Å². The number of hydrogen-bond donors (Lipinski definition) is 3. The summed E-state index contributed by atoms with van der Waals surface area (Å²) in [6.45, 7) is 3.87. The lowest BCUT2D eigenvalue weighted by atomic mass is 9.87. The molecular weight excluding hydrogens is 384 g/mol. The Morgan fingerprint density at radius 3 is 2.82 bits per heavy atom. The van der Waals surface area contributed by atoms with Crippen molar-refractivity contribution in [1.29, 1.82) is 0 Å². The second-order valence-electron chi connectivity index (χ2n) is 7.83. The lowest BCUT2D eigenvalue weighted by Crippen LogP contribution is -2.55. The minimum Gasteiger partial charge on any atom is -0.361 e. The molecule has 2 unspecified atom stereocenters. The average Bonchev–Trinajstić information content (AvgIpc) is 3.46. The Hall–Kier alpha value is -1.97. The maximum Gasteiger partial charge on any atom is 0.243 e. The predicted molar refractivity (Wildman–Crippen MR) is 102 cm³/mol. The minimum absolute atomic E-state index is 0.0308.